The van der Waals surface area contributed by atoms with E-state index in [1.165, 1.54) is 11.3 Å². The molecule has 0 saturated carbocycles. The lowest BCUT2D eigenvalue weighted by Gasteiger charge is -2.17. The van der Waals surface area contributed by atoms with Crippen LogP contribution in [0.2, 0.25) is 0 Å². The average molecular weight is 371 g/mol. The summed E-state index contributed by atoms with van der Waals surface area (Å²) in [6.45, 7) is 5.75. The minimum absolute atomic E-state index is 0.251. The van der Waals surface area contributed by atoms with Crippen LogP contribution in [-0.4, -0.2) is 21.7 Å². The first-order valence-corrected chi connectivity index (χ1v) is 8.53. The lowest BCUT2D eigenvalue weighted by molar-refractivity contribution is 0.516. The van der Waals surface area contributed by atoms with Crippen LogP contribution >= 0.6 is 27.5 Å². The fraction of sp³-hybridized carbons (Fsp3) is 0.438. The van der Waals surface area contributed by atoms with Gasteiger partial charge in [-0.2, -0.15) is 5.10 Å². The number of alkyl halides is 1. The molecule has 0 fully saturated rings. The van der Waals surface area contributed by atoms with Crippen molar-refractivity contribution < 1.29 is 0 Å². The molecular formula is C16H21BrClN3. The highest BCUT2D eigenvalue weighted by Crippen LogP contribution is 2.21. The molecular weight excluding hydrogens is 350 g/mol. The maximum absolute atomic E-state index is 6.11. The largest absolute Gasteiger partial charge is 0.307 e. The van der Waals surface area contributed by atoms with E-state index in [2.05, 4.69) is 57.5 Å². The maximum Gasteiger partial charge on any atom is 0.0739 e. The molecule has 2 rings (SSSR count). The molecule has 114 valence electrons. The predicted octanol–water partition coefficient (Wildman–Crippen LogP) is 3.91. The minimum atomic E-state index is 0.251. The van der Waals surface area contributed by atoms with Gasteiger partial charge < -0.3 is 5.32 Å². The van der Waals surface area contributed by atoms with Crippen LogP contribution < -0.4 is 5.32 Å². The Bertz CT molecular complexity index is 568. The van der Waals surface area contributed by atoms with Crippen LogP contribution in [0.25, 0.3) is 0 Å². The van der Waals surface area contributed by atoms with Gasteiger partial charge in [0, 0.05) is 25.0 Å². The van der Waals surface area contributed by atoms with Crippen molar-refractivity contribution in [2.45, 2.75) is 39.4 Å². The quantitative estimate of drug-likeness (QED) is 0.749. The zero-order valence-electron chi connectivity index (χ0n) is 12.4. The predicted molar refractivity (Wildman–Crippen MR) is 91.8 cm³/mol. The van der Waals surface area contributed by atoms with Crippen molar-refractivity contribution in [1.29, 1.82) is 0 Å². The second-order valence-electron chi connectivity index (χ2n) is 5.08. The highest BCUT2D eigenvalue weighted by molar-refractivity contribution is 9.10. The molecule has 0 amide bonds. The molecule has 2 aromatic rings. The Morgan fingerprint density at radius 3 is 2.67 bits per heavy atom. The monoisotopic (exact) mass is 369 g/mol. The van der Waals surface area contributed by atoms with Gasteiger partial charge in [-0.3, -0.25) is 4.68 Å². The van der Waals surface area contributed by atoms with Crippen molar-refractivity contribution in [2.75, 3.05) is 5.88 Å². The molecule has 1 atom stereocenters. The Kier molecular flexibility index (Phi) is 6.27. The molecule has 0 bridgehead atoms. The zero-order chi connectivity index (χ0) is 15.2. The molecule has 0 spiro atoms. The average Bonchev–Trinajstić information content (AvgIpc) is 2.79. The van der Waals surface area contributed by atoms with Crippen LogP contribution in [0.5, 0.6) is 0 Å². The number of aryl methyl sites for hydroxylation is 2. The number of nitrogens with one attached hydrogen (secondary N) is 1. The summed E-state index contributed by atoms with van der Waals surface area (Å²) in [7, 11) is 0. The van der Waals surface area contributed by atoms with Crippen molar-refractivity contribution in [3.8, 4) is 0 Å². The lowest BCUT2D eigenvalue weighted by Crippen LogP contribution is -2.33. The van der Waals surface area contributed by atoms with Gasteiger partial charge in [-0.25, -0.2) is 0 Å². The standard InChI is InChI=1S/C16H21BrClN3/c1-3-21-15(16(17)12(2)20-21)11-19-14(10-18)9-13-7-5-4-6-8-13/h4-8,14,19H,3,9-11H2,1-2H3. The molecule has 1 N–H and O–H groups in total. The minimum Gasteiger partial charge on any atom is -0.307 e. The van der Waals surface area contributed by atoms with Crippen molar-refractivity contribution in [1.82, 2.24) is 15.1 Å². The Morgan fingerprint density at radius 1 is 1.33 bits per heavy atom. The number of rotatable bonds is 7. The van der Waals surface area contributed by atoms with E-state index in [9.17, 15) is 0 Å². The van der Waals surface area contributed by atoms with Gasteiger partial charge >= 0.3 is 0 Å². The number of halogens is 2. The van der Waals surface area contributed by atoms with Crippen molar-refractivity contribution in [2.24, 2.45) is 0 Å². The molecule has 0 aliphatic carbocycles. The fourth-order valence-electron chi connectivity index (χ4n) is 2.36. The number of hydrogen-bond acceptors (Lipinski definition) is 2. The smallest absolute Gasteiger partial charge is 0.0739 e. The van der Waals surface area contributed by atoms with Crippen LogP contribution in [0.3, 0.4) is 0 Å². The Morgan fingerprint density at radius 2 is 2.05 bits per heavy atom. The van der Waals surface area contributed by atoms with Crippen LogP contribution in [-0.2, 0) is 19.5 Å². The van der Waals surface area contributed by atoms with Gasteiger partial charge in [0.1, 0.15) is 0 Å². The first kappa shape index (κ1) is 16.5. The first-order chi connectivity index (χ1) is 10.2. The third-order valence-electron chi connectivity index (χ3n) is 3.52. The summed E-state index contributed by atoms with van der Waals surface area (Å²) in [4.78, 5) is 0. The van der Waals surface area contributed by atoms with Gasteiger partial charge in [0.05, 0.1) is 15.9 Å². The highest BCUT2D eigenvalue weighted by atomic mass is 79.9. The summed E-state index contributed by atoms with van der Waals surface area (Å²) in [6.07, 6.45) is 0.932. The van der Waals surface area contributed by atoms with E-state index >= 15 is 0 Å². The van der Waals surface area contributed by atoms with Crippen LogP contribution in [0, 0.1) is 6.92 Å². The lowest BCUT2D eigenvalue weighted by atomic mass is 10.1. The fourth-order valence-corrected chi connectivity index (χ4v) is 3.00. The summed E-state index contributed by atoms with van der Waals surface area (Å²) in [6, 6.07) is 10.7. The molecule has 0 aliphatic rings. The summed E-state index contributed by atoms with van der Waals surface area (Å²) in [5.74, 6) is 0.589. The van der Waals surface area contributed by atoms with E-state index in [-0.39, 0.29) is 6.04 Å². The van der Waals surface area contributed by atoms with Crippen LogP contribution in [0.4, 0.5) is 0 Å². The Labute approximate surface area is 139 Å². The van der Waals surface area contributed by atoms with Gasteiger partial charge in [-0.1, -0.05) is 30.3 Å². The molecule has 0 saturated heterocycles. The third-order valence-corrected chi connectivity index (χ3v) is 4.93. The Balaban J connectivity index is 2.00. The summed E-state index contributed by atoms with van der Waals surface area (Å²) in [5.41, 5.74) is 3.51. The van der Waals surface area contributed by atoms with Crippen molar-refractivity contribution >= 4 is 27.5 Å². The first-order valence-electron chi connectivity index (χ1n) is 7.20. The summed E-state index contributed by atoms with van der Waals surface area (Å²) >= 11 is 9.73. The zero-order valence-corrected chi connectivity index (χ0v) is 14.8. The molecule has 3 nitrogen and oxygen atoms in total. The molecule has 1 aromatic heterocycles. The topological polar surface area (TPSA) is 29.9 Å². The second kappa shape index (κ2) is 7.97. The molecule has 1 aromatic carbocycles. The van der Waals surface area contributed by atoms with Gasteiger partial charge in [0.25, 0.3) is 0 Å². The molecule has 21 heavy (non-hydrogen) atoms. The Hall–Kier alpha value is -0.840. The van der Waals surface area contributed by atoms with Gasteiger partial charge in [-0.05, 0) is 41.8 Å². The van der Waals surface area contributed by atoms with Crippen LogP contribution in [0.1, 0.15) is 23.9 Å². The highest BCUT2D eigenvalue weighted by Gasteiger charge is 2.14. The molecule has 1 unspecified atom stereocenters. The summed E-state index contributed by atoms with van der Waals surface area (Å²) < 4.78 is 3.12. The van der Waals surface area contributed by atoms with E-state index in [0.29, 0.717) is 5.88 Å². The molecule has 5 heteroatoms. The number of benzene rings is 1. The van der Waals surface area contributed by atoms with Gasteiger partial charge in [0.15, 0.2) is 0 Å². The van der Waals surface area contributed by atoms with E-state index in [4.69, 9.17) is 11.6 Å². The number of aromatic nitrogens is 2. The van der Waals surface area contributed by atoms with Gasteiger partial charge in [-0.15, -0.1) is 11.6 Å². The van der Waals surface area contributed by atoms with E-state index in [0.717, 1.165) is 29.7 Å². The summed E-state index contributed by atoms with van der Waals surface area (Å²) in [5, 5.41) is 8.05. The SMILES string of the molecule is CCn1nc(C)c(Br)c1CNC(CCl)Cc1ccccc1. The number of hydrogen-bond donors (Lipinski definition) is 1. The van der Waals surface area contributed by atoms with E-state index < -0.39 is 0 Å². The molecule has 0 radical (unpaired) electrons. The second-order valence-corrected chi connectivity index (χ2v) is 6.19. The van der Waals surface area contributed by atoms with E-state index in [1.54, 1.807) is 0 Å². The molecule has 1 heterocycles. The van der Waals surface area contributed by atoms with E-state index in [1.807, 2.05) is 17.7 Å². The van der Waals surface area contributed by atoms with Gasteiger partial charge in [0.2, 0.25) is 0 Å². The maximum atomic E-state index is 6.11. The van der Waals surface area contributed by atoms with Crippen molar-refractivity contribution in [3.63, 3.8) is 0 Å². The molecule has 0 aliphatic heterocycles. The normalized spacial score (nSPS) is 12.6. The van der Waals surface area contributed by atoms with Crippen molar-refractivity contribution in [3.05, 3.63) is 51.8 Å². The number of nitrogens with zero attached hydrogens (tertiary/aromatic N) is 2. The third kappa shape index (κ3) is 4.31. The van der Waals surface area contributed by atoms with Crippen LogP contribution in [0.15, 0.2) is 34.8 Å².